The van der Waals surface area contributed by atoms with Crippen LogP contribution < -0.4 is 0 Å². The maximum absolute atomic E-state index is 9.64. The number of hydrogen-bond acceptors (Lipinski definition) is 2. The second-order valence-corrected chi connectivity index (χ2v) is 5.31. The van der Waals surface area contributed by atoms with E-state index >= 15 is 0 Å². The average molecular weight is 300 g/mol. The molecule has 0 atom stereocenters. The minimum Gasteiger partial charge on any atom is -0.385 e. The molecule has 1 nitrogen and oxygen atoms in total. The Morgan fingerprint density at radius 1 is 1.45 bits per heavy atom. The van der Waals surface area contributed by atoms with Crippen LogP contribution >= 0.6 is 43.2 Å². The average Bonchev–Trinajstić information content (AvgIpc) is 2.11. The fourth-order valence-electron chi connectivity index (χ4n) is 0.735. The van der Waals surface area contributed by atoms with Crippen LogP contribution in [0.3, 0.4) is 0 Å². The summed E-state index contributed by atoms with van der Waals surface area (Å²) in [7, 11) is 0. The number of halogens is 2. The molecule has 0 aliphatic rings. The minimum absolute atomic E-state index is 0.754. The predicted molar refractivity (Wildman–Crippen MR) is 55.0 cm³/mol. The van der Waals surface area contributed by atoms with E-state index in [1.807, 2.05) is 5.38 Å². The summed E-state index contributed by atoms with van der Waals surface area (Å²) in [6.07, 6.45) is 0. The lowest BCUT2D eigenvalue weighted by Gasteiger charge is -2.15. The Morgan fingerprint density at radius 2 is 2.00 bits per heavy atom. The molecule has 0 radical (unpaired) electrons. The molecule has 1 heterocycles. The molecule has 1 rings (SSSR count). The molecular weight excluding hydrogens is 292 g/mol. The number of hydrogen-bond donors (Lipinski definition) is 1. The van der Waals surface area contributed by atoms with E-state index in [0.717, 1.165) is 13.8 Å². The molecule has 0 fully saturated rings. The third kappa shape index (κ3) is 2.05. The number of rotatable bonds is 1. The molecule has 0 saturated carbocycles. The van der Waals surface area contributed by atoms with Crippen molar-refractivity contribution in [3.63, 3.8) is 0 Å². The lowest BCUT2D eigenvalue weighted by molar-refractivity contribution is 0.0818. The van der Waals surface area contributed by atoms with Gasteiger partial charge in [-0.25, -0.2) is 0 Å². The van der Waals surface area contributed by atoms with E-state index in [2.05, 4.69) is 31.9 Å². The summed E-state index contributed by atoms with van der Waals surface area (Å²) >= 11 is 8.29. The van der Waals surface area contributed by atoms with Crippen LogP contribution in [-0.2, 0) is 5.60 Å². The van der Waals surface area contributed by atoms with Gasteiger partial charge in [0.25, 0.3) is 0 Å². The van der Waals surface area contributed by atoms with Crippen LogP contribution in [0.2, 0.25) is 0 Å². The first kappa shape index (κ1) is 9.71. The Labute approximate surface area is 86.7 Å². The van der Waals surface area contributed by atoms with Gasteiger partial charge in [0.1, 0.15) is 0 Å². The molecule has 0 saturated heterocycles. The monoisotopic (exact) mass is 298 g/mol. The molecule has 11 heavy (non-hydrogen) atoms. The molecule has 4 heteroatoms. The van der Waals surface area contributed by atoms with Crippen molar-refractivity contribution in [3.8, 4) is 0 Å². The molecule has 0 aromatic carbocycles. The Bertz CT molecular complexity index is 262. The van der Waals surface area contributed by atoms with E-state index in [1.165, 1.54) is 11.3 Å². The minimum atomic E-state index is -0.754. The van der Waals surface area contributed by atoms with E-state index in [-0.39, 0.29) is 0 Å². The molecule has 62 valence electrons. The second kappa shape index (κ2) is 3.17. The molecule has 0 unspecified atom stereocenters. The third-order valence-corrected chi connectivity index (χ3v) is 5.08. The highest BCUT2D eigenvalue weighted by molar-refractivity contribution is 9.13. The van der Waals surface area contributed by atoms with E-state index in [4.69, 9.17) is 0 Å². The zero-order valence-corrected chi connectivity index (χ0v) is 10.2. The van der Waals surface area contributed by atoms with E-state index in [0.29, 0.717) is 0 Å². The van der Waals surface area contributed by atoms with Gasteiger partial charge >= 0.3 is 0 Å². The summed E-state index contributed by atoms with van der Waals surface area (Å²) in [6, 6.07) is 0. The van der Waals surface area contributed by atoms with Crippen LogP contribution in [0.5, 0.6) is 0 Å². The zero-order chi connectivity index (χ0) is 8.65. The van der Waals surface area contributed by atoms with Gasteiger partial charge in [0, 0.05) is 14.3 Å². The van der Waals surface area contributed by atoms with Gasteiger partial charge < -0.3 is 5.11 Å². The molecule has 0 aliphatic heterocycles. The summed E-state index contributed by atoms with van der Waals surface area (Å²) in [5, 5.41) is 11.6. The molecular formula is C7H8Br2OS. The van der Waals surface area contributed by atoms with Crippen molar-refractivity contribution in [1.82, 2.24) is 0 Å². The van der Waals surface area contributed by atoms with Gasteiger partial charge in [0.05, 0.1) is 10.5 Å². The van der Waals surface area contributed by atoms with Crippen molar-refractivity contribution in [1.29, 1.82) is 0 Å². The van der Waals surface area contributed by atoms with Gasteiger partial charge in [-0.2, -0.15) is 0 Å². The van der Waals surface area contributed by atoms with Crippen LogP contribution in [0.1, 0.15) is 18.7 Å². The van der Waals surface area contributed by atoms with Crippen LogP contribution in [0, 0.1) is 0 Å². The van der Waals surface area contributed by atoms with E-state index in [1.54, 1.807) is 13.8 Å². The van der Waals surface area contributed by atoms with Crippen molar-refractivity contribution < 1.29 is 5.11 Å². The summed E-state index contributed by atoms with van der Waals surface area (Å²) < 4.78 is 1.95. The maximum atomic E-state index is 9.64. The Balaban J connectivity index is 3.15. The lowest BCUT2D eigenvalue weighted by atomic mass is 10.1. The smallest absolute Gasteiger partial charge is 0.0943 e. The van der Waals surface area contributed by atoms with E-state index < -0.39 is 5.60 Å². The predicted octanol–water partition coefficient (Wildman–Crippen LogP) is 3.50. The molecule has 0 amide bonds. The highest BCUT2D eigenvalue weighted by Gasteiger charge is 2.22. The highest BCUT2D eigenvalue weighted by atomic mass is 79.9. The normalized spacial score (nSPS) is 12.1. The molecule has 0 bridgehead atoms. The van der Waals surface area contributed by atoms with Gasteiger partial charge in [-0.1, -0.05) is 0 Å². The largest absolute Gasteiger partial charge is 0.385 e. The van der Waals surface area contributed by atoms with Crippen LogP contribution in [0.25, 0.3) is 0 Å². The summed E-state index contributed by atoms with van der Waals surface area (Å²) in [5.74, 6) is 0. The van der Waals surface area contributed by atoms with Gasteiger partial charge in [-0.05, 0) is 45.7 Å². The lowest BCUT2D eigenvalue weighted by Crippen LogP contribution is -2.13. The van der Waals surface area contributed by atoms with Crippen molar-refractivity contribution in [3.05, 3.63) is 19.2 Å². The van der Waals surface area contributed by atoms with Crippen molar-refractivity contribution in [2.24, 2.45) is 0 Å². The number of aliphatic hydroxyl groups is 1. The number of thiophene rings is 1. The molecule has 0 spiro atoms. The third-order valence-electron chi connectivity index (χ3n) is 1.24. The highest BCUT2D eigenvalue weighted by Crippen LogP contribution is 2.38. The van der Waals surface area contributed by atoms with Gasteiger partial charge in [0.15, 0.2) is 0 Å². The van der Waals surface area contributed by atoms with Crippen molar-refractivity contribution >= 4 is 43.2 Å². The topological polar surface area (TPSA) is 20.2 Å². The maximum Gasteiger partial charge on any atom is 0.0943 e. The first-order valence-corrected chi connectivity index (χ1v) is 5.55. The van der Waals surface area contributed by atoms with Crippen molar-refractivity contribution in [2.75, 3.05) is 0 Å². The van der Waals surface area contributed by atoms with Gasteiger partial charge in [-0.15, -0.1) is 11.3 Å². The van der Waals surface area contributed by atoms with Crippen LogP contribution in [0.15, 0.2) is 14.3 Å². The fourth-order valence-corrected chi connectivity index (χ4v) is 3.22. The Hall–Kier alpha value is 0.620. The SMILES string of the molecule is CC(C)(O)c1scc(Br)c1Br. The first-order chi connectivity index (χ1) is 4.93. The summed E-state index contributed by atoms with van der Waals surface area (Å²) in [5.41, 5.74) is -0.754. The molecule has 0 aliphatic carbocycles. The fraction of sp³-hybridized carbons (Fsp3) is 0.429. The Morgan fingerprint density at radius 3 is 2.18 bits per heavy atom. The van der Waals surface area contributed by atoms with Crippen molar-refractivity contribution in [2.45, 2.75) is 19.4 Å². The Kier molecular flexibility index (Phi) is 2.79. The molecule has 1 aromatic rings. The van der Waals surface area contributed by atoms with Crippen LogP contribution in [-0.4, -0.2) is 5.11 Å². The molecule has 1 aromatic heterocycles. The van der Waals surface area contributed by atoms with E-state index in [9.17, 15) is 5.11 Å². The van der Waals surface area contributed by atoms with Gasteiger partial charge in [-0.3, -0.25) is 0 Å². The summed E-state index contributed by atoms with van der Waals surface area (Å²) in [6.45, 7) is 3.55. The second-order valence-electron chi connectivity index (χ2n) is 2.79. The molecule has 1 N–H and O–H groups in total. The quantitative estimate of drug-likeness (QED) is 0.841. The van der Waals surface area contributed by atoms with Gasteiger partial charge in [0.2, 0.25) is 0 Å². The van der Waals surface area contributed by atoms with Crippen LogP contribution in [0.4, 0.5) is 0 Å². The zero-order valence-electron chi connectivity index (χ0n) is 6.19. The summed E-state index contributed by atoms with van der Waals surface area (Å²) in [4.78, 5) is 0.948. The first-order valence-electron chi connectivity index (χ1n) is 3.08. The standard InChI is InChI=1S/C7H8Br2OS/c1-7(2,10)6-5(9)4(8)3-11-6/h3,10H,1-2H3.